The number of hydrogen-bond donors (Lipinski definition) is 0. The average Bonchev–Trinajstić information content (AvgIpc) is 3.11. The molecule has 1 aliphatic carbocycles. The Morgan fingerprint density at radius 1 is 1.20 bits per heavy atom. The molecule has 2 nitrogen and oxygen atoms in total. The number of nitrogens with zero attached hydrogens (tertiary/aromatic N) is 2. The molecular weight excluding hydrogens is 244 g/mol. The van der Waals surface area contributed by atoms with Gasteiger partial charge in [0.1, 0.15) is 0 Å². The number of benzene rings is 1. The number of aryl methyl sites for hydroxylation is 1. The van der Waals surface area contributed by atoms with Gasteiger partial charge in [-0.05, 0) is 68.3 Å². The van der Waals surface area contributed by atoms with Gasteiger partial charge in [0.05, 0.1) is 11.6 Å². The normalized spacial score (nSPS) is 24.1. The van der Waals surface area contributed by atoms with Crippen molar-refractivity contribution in [3.63, 3.8) is 0 Å². The van der Waals surface area contributed by atoms with Crippen molar-refractivity contribution in [3.05, 3.63) is 34.9 Å². The Kier molecular flexibility index (Phi) is 4.08. The monoisotopic (exact) mass is 268 g/mol. The summed E-state index contributed by atoms with van der Waals surface area (Å²) < 4.78 is 0. The van der Waals surface area contributed by atoms with Crippen LogP contribution in [0.5, 0.6) is 0 Å². The smallest absolute Gasteiger partial charge is 0.0991 e. The molecule has 1 aliphatic heterocycles. The summed E-state index contributed by atoms with van der Waals surface area (Å²) in [5, 5.41) is 8.96. The lowest BCUT2D eigenvalue weighted by Gasteiger charge is -2.29. The summed E-state index contributed by atoms with van der Waals surface area (Å²) in [6.07, 6.45) is 8.49. The minimum Gasteiger partial charge on any atom is -0.296 e. The van der Waals surface area contributed by atoms with Crippen molar-refractivity contribution >= 4 is 0 Å². The largest absolute Gasteiger partial charge is 0.296 e. The van der Waals surface area contributed by atoms with E-state index < -0.39 is 0 Å². The van der Waals surface area contributed by atoms with Gasteiger partial charge in [0.2, 0.25) is 0 Å². The fourth-order valence-corrected chi connectivity index (χ4v) is 4.09. The zero-order valence-corrected chi connectivity index (χ0v) is 12.4. The highest BCUT2D eigenvalue weighted by Gasteiger charge is 2.33. The van der Waals surface area contributed by atoms with E-state index in [1.54, 1.807) is 0 Å². The summed E-state index contributed by atoms with van der Waals surface area (Å²) >= 11 is 0. The van der Waals surface area contributed by atoms with E-state index in [4.69, 9.17) is 5.26 Å². The van der Waals surface area contributed by atoms with Gasteiger partial charge in [-0.15, -0.1) is 0 Å². The van der Waals surface area contributed by atoms with Gasteiger partial charge in [0, 0.05) is 12.6 Å². The van der Waals surface area contributed by atoms with Crippen molar-refractivity contribution in [1.82, 2.24) is 4.90 Å². The van der Waals surface area contributed by atoms with Gasteiger partial charge in [-0.3, -0.25) is 4.90 Å². The van der Waals surface area contributed by atoms with E-state index >= 15 is 0 Å². The third kappa shape index (κ3) is 2.74. The fourth-order valence-electron chi connectivity index (χ4n) is 4.09. The molecule has 2 fully saturated rings. The standard InChI is InChI=1S/C18H24N2/c1-14-11-15(12-19)8-9-17(14)13-20-10-4-7-18(20)16-5-2-3-6-16/h8-9,11,16,18H,2-7,10,13H2,1H3. The number of hydrogen-bond acceptors (Lipinski definition) is 2. The lowest BCUT2D eigenvalue weighted by atomic mass is 9.95. The first-order valence-corrected chi connectivity index (χ1v) is 8.01. The molecule has 1 atom stereocenters. The first-order valence-electron chi connectivity index (χ1n) is 8.01. The summed E-state index contributed by atoms with van der Waals surface area (Å²) in [6.45, 7) is 4.45. The van der Waals surface area contributed by atoms with Gasteiger partial charge >= 0.3 is 0 Å². The second-order valence-electron chi connectivity index (χ2n) is 6.48. The minimum atomic E-state index is 0.778. The molecule has 0 amide bonds. The van der Waals surface area contributed by atoms with Crippen LogP contribution in [0.3, 0.4) is 0 Å². The molecule has 106 valence electrons. The second-order valence-corrected chi connectivity index (χ2v) is 6.48. The summed E-state index contributed by atoms with van der Waals surface area (Å²) in [5.41, 5.74) is 3.44. The molecule has 1 aromatic carbocycles. The molecule has 0 aromatic heterocycles. The number of likely N-dealkylation sites (tertiary alicyclic amines) is 1. The molecule has 1 unspecified atom stereocenters. The molecule has 1 saturated carbocycles. The predicted octanol–water partition coefficient (Wildman–Crippen LogP) is 4.02. The van der Waals surface area contributed by atoms with E-state index in [9.17, 15) is 0 Å². The molecule has 0 spiro atoms. The van der Waals surface area contributed by atoms with Crippen LogP contribution in [-0.4, -0.2) is 17.5 Å². The zero-order chi connectivity index (χ0) is 13.9. The van der Waals surface area contributed by atoms with Gasteiger partial charge in [-0.1, -0.05) is 18.9 Å². The first-order chi connectivity index (χ1) is 9.78. The van der Waals surface area contributed by atoms with Crippen molar-refractivity contribution < 1.29 is 0 Å². The maximum atomic E-state index is 8.96. The fraction of sp³-hybridized carbons (Fsp3) is 0.611. The maximum Gasteiger partial charge on any atom is 0.0991 e. The molecule has 1 aromatic rings. The van der Waals surface area contributed by atoms with E-state index in [0.717, 1.165) is 24.1 Å². The number of rotatable bonds is 3. The predicted molar refractivity (Wildman–Crippen MR) is 81.3 cm³/mol. The van der Waals surface area contributed by atoms with Crippen LogP contribution in [0.1, 0.15) is 55.2 Å². The van der Waals surface area contributed by atoms with Crippen LogP contribution >= 0.6 is 0 Å². The summed E-state index contributed by atoms with van der Waals surface area (Å²) in [4.78, 5) is 2.70. The van der Waals surface area contributed by atoms with Crippen LogP contribution < -0.4 is 0 Å². The highest BCUT2D eigenvalue weighted by atomic mass is 15.2. The second kappa shape index (κ2) is 5.97. The van der Waals surface area contributed by atoms with Crippen molar-refractivity contribution in [3.8, 4) is 6.07 Å². The lowest BCUT2D eigenvalue weighted by molar-refractivity contribution is 0.183. The van der Waals surface area contributed by atoms with Crippen LogP contribution in [0.2, 0.25) is 0 Å². The van der Waals surface area contributed by atoms with Crippen molar-refractivity contribution in [1.29, 1.82) is 5.26 Å². The molecule has 1 heterocycles. The Labute approximate surface area is 122 Å². The van der Waals surface area contributed by atoms with Crippen molar-refractivity contribution in [2.75, 3.05) is 6.54 Å². The SMILES string of the molecule is Cc1cc(C#N)ccc1CN1CCCC1C1CCCC1. The van der Waals surface area contributed by atoms with E-state index in [-0.39, 0.29) is 0 Å². The van der Waals surface area contributed by atoms with Crippen molar-refractivity contribution in [2.45, 2.75) is 58.0 Å². The Morgan fingerprint density at radius 2 is 2.00 bits per heavy atom. The molecular formula is C18H24N2. The van der Waals surface area contributed by atoms with Gasteiger partial charge in [0.25, 0.3) is 0 Å². The van der Waals surface area contributed by atoms with Crippen LogP contribution in [0.15, 0.2) is 18.2 Å². The van der Waals surface area contributed by atoms with E-state index in [1.807, 2.05) is 12.1 Å². The summed E-state index contributed by atoms with van der Waals surface area (Å²) in [6, 6.07) is 9.18. The molecule has 20 heavy (non-hydrogen) atoms. The van der Waals surface area contributed by atoms with Gasteiger partial charge in [-0.2, -0.15) is 5.26 Å². The van der Waals surface area contributed by atoms with E-state index in [1.165, 1.54) is 56.2 Å². The van der Waals surface area contributed by atoms with Crippen LogP contribution in [0.25, 0.3) is 0 Å². The minimum absolute atomic E-state index is 0.778. The molecule has 2 aliphatic rings. The van der Waals surface area contributed by atoms with E-state index in [2.05, 4.69) is 24.0 Å². The van der Waals surface area contributed by atoms with Gasteiger partial charge < -0.3 is 0 Å². The summed E-state index contributed by atoms with van der Waals surface area (Å²) in [7, 11) is 0. The highest BCUT2D eigenvalue weighted by molar-refractivity contribution is 5.37. The van der Waals surface area contributed by atoms with Crippen LogP contribution in [0, 0.1) is 24.2 Å². The third-order valence-electron chi connectivity index (χ3n) is 5.20. The lowest BCUT2D eigenvalue weighted by Crippen LogP contribution is -2.34. The zero-order valence-electron chi connectivity index (χ0n) is 12.4. The summed E-state index contributed by atoms with van der Waals surface area (Å²) in [5.74, 6) is 0.941. The topological polar surface area (TPSA) is 27.0 Å². The molecule has 0 bridgehead atoms. The average molecular weight is 268 g/mol. The molecule has 1 saturated heterocycles. The number of nitriles is 1. The van der Waals surface area contributed by atoms with Crippen LogP contribution in [-0.2, 0) is 6.54 Å². The Bertz CT molecular complexity index is 509. The Morgan fingerprint density at radius 3 is 2.70 bits per heavy atom. The quantitative estimate of drug-likeness (QED) is 0.828. The first kappa shape index (κ1) is 13.6. The molecule has 2 heteroatoms. The maximum absolute atomic E-state index is 8.96. The van der Waals surface area contributed by atoms with Crippen molar-refractivity contribution in [2.24, 2.45) is 5.92 Å². The Hall–Kier alpha value is -1.33. The van der Waals surface area contributed by atoms with Crippen LogP contribution in [0.4, 0.5) is 0 Å². The third-order valence-corrected chi connectivity index (χ3v) is 5.20. The Balaban J connectivity index is 1.71. The highest BCUT2D eigenvalue weighted by Crippen LogP contribution is 2.36. The van der Waals surface area contributed by atoms with Gasteiger partial charge in [-0.25, -0.2) is 0 Å². The van der Waals surface area contributed by atoms with E-state index in [0.29, 0.717) is 0 Å². The molecule has 0 N–H and O–H groups in total. The molecule has 3 rings (SSSR count). The molecule has 0 radical (unpaired) electrons. The van der Waals surface area contributed by atoms with Gasteiger partial charge in [0.15, 0.2) is 0 Å².